The van der Waals surface area contributed by atoms with Crippen LogP contribution in [0.4, 0.5) is 17.6 Å². The summed E-state index contributed by atoms with van der Waals surface area (Å²) < 4.78 is 78.6. The number of rotatable bonds is 3. The Kier molecular flexibility index (Phi) is 4.63. The largest absolute Gasteiger partial charge is 0.534 e. The van der Waals surface area contributed by atoms with E-state index in [9.17, 15) is 26.0 Å². The molecule has 142 valence electrons. The van der Waals surface area contributed by atoms with Crippen LogP contribution in [0.3, 0.4) is 0 Å². The molecule has 0 amide bonds. The predicted octanol–water partition coefficient (Wildman–Crippen LogP) is 5.49. The lowest BCUT2D eigenvalue weighted by Gasteiger charge is -2.15. The molecule has 0 unspecified atom stereocenters. The van der Waals surface area contributed by atoms with Crippen molar-refractivity contribution in [3.05, 3.63) is 65.5 Å². The van der Waals surface area contributed by atoms with Crippen molar-refractivity contribution in [3.8, 4) is 16.9 Å². The van der Waals surface area contributed by atoms with Crippen molar-refractivity contribution in [2.45, 2.75) is 19.4 Å². The molecule has 0 aromatic heterocycles. The van der Waals surface area contributed by atoms with E-state index in [0.29, 0.717) is 22.1 Å². The summed E-state index contributed by atoms with van der Waals surface area (Å²) in [6, 6.07) is 11.8. The third kappa shape index (κ3) is 3.75. The van der Waals surface area contributed by atoms with Crippen LogP contribution in [0.1, 0.15) is 11.1 Å². The Labute approximate surface area is 153 Å². The molecule has 3 nitrogen and oxygen atoms in total. The lowest BCUT2D eigenvalue weighted by molar-refractivity contribution is -0.0499. The number of benzene rings is 3. The van der Waals surface area contributed by atoms with Crippen LogP contribution in [0.25, 0.3) is 21.9 Å². The van der Waals surface area contributed by atoms with Crippen molar-refractivity contribution in [2.75, 3.05) is 0 Å². The lowest BCUT2D eigenvalue weighted by Crippen LogP contribution is -2.28. The molecule has 0 N–H and O–H groups in total. The average Bonchev–Trinajstić information content (AvgIpc) is 2.53. The van der Waals surface area contributed by atoms with Crippen LogP contribution in [-0.4, -0.2) is 13.9 Å². The van der Waals surface area contributed by atoms with E-state index in [-0.39, 0.29) is 5.39 Å². The Balaban J connectivity index is 2.22. The highest BCUT2D eigenvalue weighted by Crippen LogP contribution is 2.36. The van der Waals surface area contributed by atoms with Crippen LogP contribution in [0.2, 0.25) is 0 Å². The van der Waals surface area contributed by atoms with E-state index in [1.807, 2.05) is 0 Å². The van der Waals surface area contributed by atoms with Crippen LogP contribution in [0.15, 0.2) is 48.5 Å². The molecule has 27 heavy (non-hydrogen) atoms. The highest BCUT2D eigenvalue weighted by atomic mass is 32.2. The fourth-order valence-corrected chi connectivity index (χ4v) is 3.28. The molecule has 3 rings (SSSR count). The third-order valence-corrected chi connectivity index (χ3v) is 5.01. The first kappa shape index (κ1) is 19.2. The van der Waals surface area contributed by atoms with Crippen molar-refractivity contribution in [3.63, 3.8) is 0 Å². The van der Waals surface area contributed by atoms with Gasteiger partial charge in [-0.15, -0.1) is 0 Å². The second-order valence-corrected chi connectivity index (χ2v) is 7.68. The molecule has 0 aliphatic rings. The monoisotopic (exact) mass is 398 g/mol. The Hall–Kier alpha value is -2.61. The summed E-state index contributed by atoms with van der Waals surface area (Å²) in [5.74, 6) is -0.834. The standard InChI is InChI=1S/C19H14F4O3S/c1-11-7-14-9-12(2)16(13-3-5-15(20)6-4-13)10-17(14)18(8-11)26-27(24,25)19(21,22)23/h3-10H,1-2H3. The molecule has 0 aliphatic carbocycles. The first-order chi connectivity index (χ1) is 12.5. The van der Waals surface area contributed by atoms with E-state index < -0.39 is 27.2 Å². The number of aryl methyl sites for hydroxylation is 2. The molecule has 0 aliphatic heterocycles. The normalized spacial score (nSPS) is 12.4. The van der Waals surface area contributed by atoms with Gasteiger partial charge in [-0.05, 0) is 65.8 Å². The Morgan fingerprint density at radius 2 is 1.56 bits per heavy atom. The zero-order valence-electron chi connectivity index (χ0n) is 14.3. The number of hydrogen-bond acceptors (Lipinski definition) is 3. The van der Waals surface area contributed by atoms with Crippen molar-refractivity contribution < 1.29 is 30.2 Å². The molecule has 0 fully saturated rings. The molecule has 0 atom stereocenters. The topological polar surface area (TPSA) is 43.4 Å². The summed E-state index contributed by atoms with van der Waals surface area (Å²) in [6.07, 6.45) is 0. The van der Waals surface area contributed by atoms with Gasteiger partial charge in [0.2, 0.25) is 0 Å². The van der Waals surface area contributed by atoms with Crippen LogP contribution in [0, 0.1) is 19.7 Å². The first-order valence-electron chi connectivity index (χ1n) is 7.79. The van der Waals surface area contributed by atoms with Crippen molar-refractivity contribution in [2.24, 2.45) is 0 Å². The molecule has 0 bridgehead atoms. The molecule has 0 saturated heterocycles. The zero-order chi connectivity index (χ0) is 20.0. The van der Waals surface area contributed by atoms with E-state index in [0.717, 1.165) is 5.56 Å². The number of halogens is 4. The molecule has 0 heterocycles. The van der Waals surface area contributed by atoms with Gasteiger partial charge in [0.05, 0.1) is 0 Å². The Morgan fingerprint density at radius 1 is 0.926 bits per heavy atom. The van der Waals surface area contributed by atoms with Gasteiger partial charge in [-0.3, -0.25) is 0 Å². The highest BCUT2D eigenvalue weighted by molar-refractivity contribution is 7.88. The minimum absolute atomic E-state index is 0.207. The van der Waals surface area contributed by atoms with E-state index in [4.69, 9.17) is 0 Å². The molecule has 8 heteroatoms. The van der Waals surface area contributed by atoms with Gasteiger partial charge in [-0.25, -0.2) is 4.39 Å². The SMILES string of the molecule is Cc1cc(OS(=O)(=O)C(F)(F)F)c2cc(-c3ccc(F)cc3)c(C)cc2c1. The molecule has 0 spiro atoms. The summed E-state index contributed by atoms with van der Waals surface area (Å²) in [5.41, 5.74) is -2.93. The van der Waals surface area contributed by atoms with Gasteiger partial charge in [-0.1, -0.05) is 24.3 Å². The van der Waals surface area contributed by atoms with Gasteiger partial charge in [0, 0.05) is 5.39 Å². The van der Waals surface area contributed by atoms with Crippen molar-refractivity contribution in [1.82, 2.24) is 0 Å². The third-order valence-electron chi connectivity index (χ3n) is 4.04. The molecule has 3 aromatic rings. The van der Waals surface area contributed by atoms with Crippen molar-refractivity contribution >= 4 is 20.9 Å². The molecule has 0 radical (unpaired) electrons. The van der Waals surface area contributed by atoms with E-state index in [2.05, 4.69) is 4.18 Å². The van der Waals surface area contributed by atoms with Crippen molar-refractivity contribution in [1.29, 1.82) is 0 Å². The summed E-state index contributed by atoms with van der Waals surface area (Å²) in [6.45, 7) is 3.42. The summed E-state index contributed by atoms with van der Waals surface area (Å²) in [5, 5.41) is 0.740. The average molecular weight is 398 g/mol. The summed E-state index contributed by atoms with van der Waals surface area (Å²) in [4.78, 5) is 0. The van der Waals surface area contributed by atoms with Gasteiger partial charge < -0.3 is 4.18 Å². The van der Waals surface area contributed by atoms with Crippen LogP contribution in [0.5, 0.6) is 5.75 Å². The van der Waals surface area contributed by atoms with Crippen LogP contribution in [-0.2, 0) is 10.1 Å². The van der Waals surface area contributed by atoms with E-state index >= 15 is 0 Å². The second-order valence-electron chi connectivity index (χ2n) is 6.14. The number of alkyl halides is 3. The van der Waals surface area contributed by atoms with E-state index in [1.165, 1.54) is 30.3 Å². The minimum Gasteiger partial charge on any atom is -0.375 e. The first-order valence-corrected chi connectivity index (χ1v) is 9.20. The molecular formula is C19H14F4O3S. The highest BCUT2D eigenvalue weighted by Gasteiger charge is 2.48. The summed E-state index contributed by atoms with van der Waals surface area (Å²) >= 11 is 0. The maximum atomic E-state index is 13.2. The molecular weight excluding hydrogens is 384 g/mol. The fourth-order valence-electron chi connectivity index (χ4n) is 2.81. The van der Waals surface area contributed by atoms with Crippen LogP contribution >= 0.6 is 0 Å². The van der Waals surface area contributed by atoms with Gasteiger partial charge in [0.15, 0.2) is 5.75 Å². The van der Waals surface area contributed by atoms with E-state index in [1.54, 1.807) is 32.0 Å². The quantitative estimate of drug-likeness (QED) is 0.333. The second kappa shape index (κ2) is 6.53. The lowest BCUT2D eigenvalue weighted by atomic mass is 9.95. The minimum atomic E-state index is -5.80. The maximum absolute atomic E-state index is 13.2. The predicted molar refractivity (Wildman–Crippen MR) is 94.4 cm³/mol. The van der Waals surface area contributed by atoms with Crippen LogP contribution < -0.4 is 4.18 Å². The number of fused-ring (bicyclic) bond motifs is 1. The zero-order valence-corrected chi connectivity index (χ0v) is 15.1. The van der Waals surface area contributed by atoms with Gasteiger partial charge in [0.25, 0.3) is 0 Å². The van der Waals surface area contributed by atoms with Gasteiger partial charge in [-0.2, -0.15) is 21.6 Å². The smallest absolute Gasteiger partial charge is 0.375 e. The number of hydrogen-bond donors (Lipinski definition) is 0. The molecule has 0 saturated carbocycles. The molecule has 3 aromatic carbocycles. The van der Waals surface area contributed by atoms with Gasteiger partial charge >= 0.3 is 15.6 Å². The Bertz CT molecular complexity index is 1120. The fraction of sp³-hybridized carbons (Fsp3) is 0.158. The maximum Gasteiger partial charge on any atom is 0.534 e. The summed E-state index contributed by atoms with van der Waals surface area (Å²) in [7, 11) is -5.80. The Morgan fingerprint density at radius 3 is 2.15 bits per heavy atom. The van der Waals surface area contributed by atoms with Gasteiger partial charge in [0.1, 0.15) is 5.82 Å².